The van der Waals surface area contributed by atoms with Crippen molar-refractivity contribution in [1.82, 2.24) is 4.31 Å². The van der Waals surface area contributed by atoms with Gasteiger partial charge in [-0.3, -0.25) is 4.79 Å². The lowest BCUT2D eigenvalue weighted by Crippen LogP contribution is -2.43. The zero-order chi connectivity index (χ0) is 21.0. The molecule has 0 radical (unpaired) electrons. The Kier molecular flexibility index (Phi) is 6.39. The molecule has 0 saturated carbocycles. The Morgan fingerprint density at radius 2 is 1.57 bits per heavy atom. The Balaban J connectivity index is 1.38. The summed E-state index contributed by atoms with van der Waals surface area (Å²) in [4.78, 5) is 15.5. The predicted molar refractivity (Wildman–Crippen MR) is 119 cm³/mol. The van der Waals surface area contributed by atoms with Gasteiger partial charge >= 0.3 is 0 Å². The standard InChI is InChI=1S/C23H29N3O3S/c27-23(24-20-11-13-21(14-12-20)25-15-5-2-6-16-25)19-8-7-17-26(18-19)30(28,29)22-9-3-1-4-10-22/h1,3-4,9-14,19H,2,5-8,15-18H2,(H,24,27). The van der Waals surface area contributed by atoms with E-state index in [4.69, 9.17) is 0 Å². The van der Waals surface area contributed by atoms with Crippen molar-refractivity contribution in [3.8, 4) is 0 Å². The summed E-state index contributed by atoms with van der Waals surface area (Å²) < 4.78 is 27.2. The third-order valence-corrected chi connectivity index (χ3v) is 7.87. The number of anilines is 2. The fraction of sp³-hybridized carbons (Fsp3) is 0.435. The van der Waals surface area contributed by atoms with Crippen LogP contribution in [-0.4, -0.2) is 44.8 Å². The SMILES string of the molecule is O=C(Nc1ccc(N2CCCCC2)cc1)C1CCCN(S(=O)(=O)c2ccccc2)C1. The Morgan fingerprint density at radius 1 is 0.867 bits per heavy atom. The van der Waals surface area contributed by atoms with Crippen molar-refractivity contribution in [2.75, 3.05) is 36.4 Å². The first kappa shape index (κ1) is 20.9. The molecule has 0 aliphatic carbocycles. The van der Waals surface area contributed by atoms with E-state index in [0.717, 1.165) is 18.8 Å². The molecule has 2 saturated heterocycles. The van der Waals surface area contributed by atoms with Crippen molar-refractivity contribution in [1.29, 1.82) is 0 Å². The van der Waals surface area contributed by atoms with E-state index < -0.39 is 10.0 Å². The number of sulfonamides is 1. The van der Waals surface area contributed by atoms with Crippen molar-refractivity contribution in [2.24, 2.45) is 5.92 Å². The lowest BCUT2D eigenvalue weighted by molar-refractivity contribution is -0.120. The maximum absolute atomic E-state index is 12.9. The number of hydrogen-bond donors (Lipinski definition) is 1. The van der Waals surface area contributed by atoms with E-state index in [-0.39, 0.29) is 23.3 Å². The number of hydrogen-bond acceptors (Lipinski definition) is 4. The van der Waals surface area contributed by atoms with Gasteiger partial charge < -0.3 is 10.2 Å². The summed E-state index contributed by atoms with van der Waals surface area (Å²) in [7, 11) is -3.57. The van der Waals surface area contributed by atoms with Crippen molar-refractivity contribution in [3.63, 3.8) is 0 Å². The normalized spacial score (nSPS) is 20.7. The first-order valence-corrected chi connectivity index (χ1v) is 12.2. The molecule has 2 fully saturated rings. The molecule has 0 spiro atoms. The highest BCUT2D eigenvalue weighted by Crippen LogP contribution is 2.26. The van der Waals surface area contributed by atoms with Crippen LogP contribution in [0.2, 0.25) is 0 Å². The van der Waals surface area contributed by atoms with Crippen LogP contribution >= 0.6 is 0 Å². The Labute approximate surface area is 178 Å². The summed E-state index contributed by atoms with van der Waals surface area (Å²) in [6.07, 6.45) is 5.12. The van der Waals surface area contributed by atoms with Crippen LogP contribution in [0.4, 0.5) is 11.4 Å². The van der Waals surface area contributed by atoms with E-state index in [1.165, 1.54) is 29.3 Å². The Morgan fingerprint density at radius 3 is 2.27 bits per heavy atom. The quantitative estimate of drug-likeness (QED) is 0.790. The number of amides is 1. The van der Waals surface area contributed by atoms with Crippen LogP contribution < -0.4 is 10.2 Å². The van der Waals surface area contributed by atoms with Gasteiger partial charge in [-0.25, -0.2) is 8.42 Å². The number of piperidine rings is 2. The predicted octanol–water partition coefficient (Wildman–Crippen LogP) is 3.72. The van der Waals surface area contributed by atoms with Crippen molar-refractivity contribution < 1.29 is 13.2 Å². The summed E-state index contributed by atoms with van der Waals surface area (Å²) in [6.45, 7) is 2.83. The minimum absolute atomic E-state index is 0.117. The molecule has 30 heavy (non-hydrogen) atoms. The molecule has 4 rings (SSSR count). The topological polar surface area (TPSA) is 69.7 Å². The number of nitrogens with one attached hydrogen (secondary N) is 1. The number of carbonyl (C=O) groups is 1. The van der Waals surface area contributed by atoms with E-state index in [9.17, 15) is 13.2 Å². The zero-order valence-corrected chi connectivity index (χ0v) is 18.0. The molecule has 2 aliphatic heterocycles. The smallest absolute Gasteiger partial charge is 0.243 e. The minimum Gasteiger partial charge on any atom is -0.372 e. The average molecular weight is 428 g/mol. The van der Waals surface area contributed by atoms with Crippen molar-refractivity contribution in [3.05, 3.63) is 54.6 Å². The zero-order valence-electron chi connectivity index (χ0n) is 17.2. The van der Waals surface area contributed by atoms with Crippen molar-refractivity contribution >= 4 is 27.3 Å². The van der Waals surface area contributed by atoms with E-state index in [0.29, 0.717) is 19.4 Å². The van der Waals surface area contributed by atoms with Gasteiger partial charge in [0.15, 0.2) is 0 Å². The van der Waals surface area contributed by atoms with E-state index in [1.54, 1.807) is 30.3 Å². The molecule has 1 atom stereocenters. The second-order valence-corrected chi connectivity index (χ2v) is 10.0. The molecule has 6 nitrogen and oxygen atoms in total. The number of nitrogens with zero attached hydrogens (tertiary/aromatic N) is 2. The minimum atomic E-state index is -3.57. The highest BCUT2D eigenvalue weighted by Gasteiger charge is 2.33. The van der Waals surface area contributed by atoms with Crippen LogP contribution in [0.5, 0.6) is 0 Å². The van der Waals surface area contributed by atoms with Gasteiger partial charge in [-0.1, -0.05) is 18.2 Å². The maximum Gasteiger partial charge on any atom is 0.243 e. The number of benzene rings is 2. The van der Waals surface area contributed by atoms with Crippen LogP contribution in [0.1, 0.15) is 32.1 Å². The molecule has 0 bridgehead atoms. The molecule has 2 heterocycles. The Hall–Kier alpha value is -2.38. The highest BCUT2D eigenvalue weighted by atomic mass is 32.2. The van der Waals surface area contributed by atoms with Crippen LogP contribution in [0.3, 0.4) is 0 Å². The van der Waals surface area contributed by atoms with Crippen LogP contribution in [0.15, 0.2) is 59.5 Å². The molecule has 7 heteroatoms. The Bertz CT molecular complexity index is 955. The lowest BCUT2D eigenvalue weighted by atomic mass is 9.98. The summed E-state index contributed by atoms with van der Waals surface area (Å²) in [5, 5.41) is 2.97. The first-order chi connectivity index (χ1) is 14.5. The number of rotatable bonds is 5. The van der Waals surface area contributed by atoms with Crippen LogP contribution in [0, 0.1) is 5.92 Å². The van der Waals surface area contributed by atoms with Gasteiger partial charge in [0.2, 0.25) is 15.9 Å². The van der Waals surface area contributed by atoms with E-state index in [2.05, 4.69) is 10.2 Å². The third-order valence-electron chi connectivity index (χ3n) is 5.99. The van der Waals surface area contributed by atoms with Gasteiger partial charge in [-0.05, 0) is 68.5 Å². The second-order valence-electron chi connectivity index (χ2n) is 8.10. The second kappa shape index (κ2) is 9.18. The van der Waals surface area contributed by atoms with Gasteiger partial charge in [0.25, 0.3) is 0 Å². The molecule has 1 unspecified atom stereocenters. The largest absolute Gasteiger partial charge is 0.372 e. The fourth-order valence-electron chi connectivity index (χ4n) is 4.27. The molecule has 1 N–H and O–H groups in total. The number of carbonyl (C=O) groups excluding carboxylic acids is 1. The molecular formula is C23H29N3O3S. The summed E-state index contributed by atoms with van der Waals surface area (Å²) >= 11 is 0. The van der Waals surface area contributed by atoms with E-state index >= 15 is 0 Å². The first-order valence-electron chi connectivity index (χ1n) is 10.7. The molecule has 2 aromatic carbocycles. The fourth-order valence-corrected chi connectivity index (χ4v) is 5.81. The molecular weight excluding hydrogens is 398 g/mol. The summed E-state index contributed by atoms with van der Waals surface area (Å²) in [6, 6.07) is 16.4. The van der Waals surface area contributed by atoms with Gasteiger partial charge in [-0.2, -0.15) is 4.31 Å². The summed E-state index contributed by atoms with van der Waals surface area (Å²) in [5.41, 5.74) is 1.94. The van der Waals surface area contributed by atoms with Gasteiger partial charge in [0, 0.05) is 37.6 Å². The average Bonchev–Trinajstić information content (AvgIpc) is 2.81. The molecule has 1 amide bonds. The van der Waals surface area contributed by atoms with Crippen LogP contribution in [0.25, 0.3) is 0 Å². The maximum atomic E-state index is 12.9. The van der Waals surface area contributed by atoms with E-state index in [1.807, 2.05) is 24.3 Å². The lowest BCUT2D eigenvalue weighted by Gasteiger charge is -2.31. The van der Waals surface area contributed by atoms with Gasteiger partial charge in [0.05, 0.1) is 10.8 Å². The highest BCUT2D eigenvalue weighted by molar-refractivity contribution is 7.89. The van der Waals surface area contributed by atoms with Crippen LogP contribution in [-0.2, 0) is 14.8 Å². The third kappa shape index (κ3) is 4.68. The molecule has 2 aromatic rings. The molecule has 160 valence electrons. The van der Waals surface area contributed by atoms with Crippen molar-refractivity contribution in [2.45, 2.75) is 37.0 Å². The molecule has 2 aliphatic rings. The van der Waals surface area contributed by atoms with Gasteiger partial charge in [0.1, 0.15) is 0 Å². The summed E-state index contributed by atoms with van der Waals surface area (Å²) in [5.74, 6) is -0.465. The monoisotopic (exact) mass is 427 g/mol. The van der Waals surface area contributed by atoms with Gasteiger partial charge in [-0.15, -0.1) is 0 Å². The molecule has 0 aromatic heterocycles.